The maximum Gasteiger partial charge on any atom is 0.217 e. The maximum absolute atomic E-state index is 11.7. The van der Waals surface area contributed by atoms with Crippen molar-refractivity contribution in [2.75, 3.05) is 52.9 Å². The molecule has 0 aromatic carbocycles. The highest BCUT2D eigenvalue weighted by molar-refractivity contribution is 7.80. The zero-order valence-corrected chi connectivity index (χ0v) is 48.4. The maximum atomic E-state index is 11.7. The quantitative estimate of drug-likeness (QED) is 0.0713. The Labute approximate surface area is 518 Å². The predicted molar refractivity (Wildman–Crippen MR) is 270 cm³/mol. The van der Waals surface area contributed by atoms with E-state index in [1.165, 1.54) is 0 Å². The summed E-state index contributed by atoms with van der Waals surface area (Å²) in [6, 6.07) is 0. The fourth-order valence-corrected chi connectivity index (χ4v) is 12.3. The molecule has 30 aliphatic rings. The van der Waals surface area contributed by atoms with Gasteiger partial charge in [-0.05, 0) is 0 Å². The Balaban J connectivity index is 0.994. The van der Waals surface area contributed by atoms with Gasteiger partial charge in [0.15, 0.2) is 50.3 Å². The zero-order valence-electron chi connectivity index (χ0n) is 47.6. The van der Waals surface area contributed by atoms with E-state index in [1.807, 2.05) is 0 Å². The number of rotatable bonds is 10. The number of hydrogen-bond donors (Lipinski definition) is 23. The largest absolute Gasteiger partial charge is 0.726 e. The monoisotopic (exact) mass is 1380 g/mol. The molecule has 43 nitrogen and oxygen atoms in total. The molecule has 23 N–H and O–H groups in total. The van der Waals surface area contributed by atoms with Gasteiger partial charge < -0.3 is 198 Å². The van der Waals surface area contributed by atoms with Crippen molar-refractivity contribution >= 4 is 10.4 Å². The van der Waals surface area contributed by atoms with Gasteiger partial charge in [0.2, 0.25) is 10.4 Å². The lowest BCUT2D eigenvalue weighted by molar-refractivity contribution is -0.404. The summed E-state index contributed by atoms with van der Waals surface area (Å²) in [7, 11) is -5.66. The topological polar surface area (TPSA) is 679 Å². The van der Waals surface area contributed by atoms with Crippen LogP contribution in [0.2, 0.25) is 0 Å². The Morgan fingerprint density at radius 1 is 0.228 bits per heavy atom. The number of aliphatic hydroxyl groups excluding tert-OH is 23. The highest BCUT2D eigenvalue weighted by atomic mass is 32.3. The van der Waals surface area contributed by atoms with Crippen LogP contribution in [0.15, 0.2) is 0 Å². The minimum atomic E-state index is -5.66. The predicted octanol–water partition coefficient (Wildman–Crippen LogP) is -17.9. The van der Waals surface area contributed by atoms with Crippen molar-refractivity contribution in [1.82, 2.24) is 0 Å². The molecule has 0 unspecified atom stereocenters. The molecule has 30 fully saturated rings. The summed E-state index contributed by atoms with van der Waals surface area (Å²) in [6.45, 7) is -9.36. The van der Waals surface area contributed by atoms with Crippen LogP contribution in [-0.2, 0) is 90.4 Å². The van der Waals surface area contributed by atoms with Crippen molar-refractivity contribution in [3.63, 3.8) is 0 Å². The molecule has 0 saturated carbocycles. The highest BCUT2D eigenvalue weighted by Gasteiger charge is 2.60. The van der Waals surface area contributed by atoms with Crippen LogP contribution in [-0.4, -0.2) is 429 Å². The summed E-state index contributed by atoms with van der Waals surface area (Å²) in [4.78, 5) is 0. The molecule has 40 atom stereocenters. The highest BCUT2D eigenvalue weighted by Crippen LogP contribution is 2.40. The van der Waals surface area contributed by atoms with E-state index in [-0.39, 0.29) is 0 Å². The van der Waals surface area contributed by atoms with Crippen LogP contribution < -0.4 is 0 Å². The average molecular weight is 1380 g/mol. The summed E-state index contributed by atoms with van der Waals surface area (Å²) in [6.07, 6.45) is -85.6. The molecule has 30 saturated heterocycles. The van der Waals surface area contributed by atoms with Gasteiger partial charge in [0.05, 0.1) is 52.9 Å². The van der Waals surface area contributed by atoms with Crippen LogP contribution in [0.3, 0.4) is 0 Å². The normalized spacial score (nSPS) is 53.7. The van der Waals surface area contributed by atoms with Crippen molar-refractivity contribution < 1.29 is 210 Å². The first kappa shape index (κ1) is 74.5. The third-order valence-electron chi connectivity index (χ3n) is 17.1. The fraction of sp³-hybridized carbons (Fsp3) is 1.00. The van der Waals surface area contributed by atoms with Gasteiger partial charge in [-0.25, -0.2) is 8.42 Å². The fourth-order valence-electron chi connectivity index (χ4n) is 12.0. The molecular formula is C48H79O43S-. The third kappa shape index (κ3) is 15.2. The zero-order chi connectivity index (χ0) is 67.3. The molecule has 0 aromatic rings. The first-order chi connectivity index (χ1) is 43.5. The van der Waals surface area contributed by atoms with Crippen molar-refractivity contribution in [2.24, 2.45) is 0 Å². The summed E-state index contributed by atoms with van der Waals surface area (Å²) in [5, 5.41) is 255. The van der Waals surface area contributed by atoms with Crippen LogP contribution in [0.25, 0.3) is 0 Å². The van der Waals surface area contributed by atoms with E-state index >= 15 is 0 Å². The van der Waals surface area contributed by atoms with Gasteiger partial charge in [0, 0.05) is 0 Å². The van der Waals surface area contributed by atoms with Gasteiger partial charge >= 0.3 is 0 Å². The molecule has 30 heterocycles. The summed E-state index contributed by atoms with van der Waals surface area (Å²) >= 11 is 0. The van der Waals surface area contributed by atoms with E-state index in [0.717, 1.165) is 0 Å². The van der Waals surface area contributed by atoms with E-state index in [1.54, 1.807) is 0 Å². The lowest BCUT2D eigenvalue weighted by Gasteiger charge is -2.50. The first-order valence-electron chi connectivity index (χ1n) is 28.8. The Bertz CT molecular complexity index is 2400. The van der Waals surface area contributed by atoms with E-state index in [4.69, 9.17) is 75.8 Å². The Kier molecular flexibility index (Phi) is 25.3. The molecule has 44 heteroatoms. The summed E-state index contributed by atoms with van der Waals surface area (Å²) in [5.74, 6) is 0. The smallest absolute Gasteiger partial charge is 0.217 e. The molecular weight excluding hydrogens is 1300 g/mol. The average Bonchev–Trinajstić information content (AvgIpc) is 0.784. The Morgan fingerprint density at radius 2 is 0.359 bits per heavy atom. The van der Waals surface area contributed by atoms with Crippen molar-refractivity contribution in [3.8, 4) is 0 Å². The van der Waals surface area contributed by atoms with Crippen LogP contribution in [0.4, 0.5) is 0 Å². The summed E-state index contributed by atoms with van der Waals surface area (Å²) < 4.78 is 130. The number of aliphatic hydroxyl groups is 23. The van der Waals surface area contributed by atoms with E-state index in [2.05, 4.69) is 4.18 Å². The Hall–Kier alpha value is -1.69. The molecule has 0 radical (unpaired) electrons. The van der Waals surface area contributed by atoms with E-state index < -0.39 is 309 Å². The van der Waals surface area contributed by atoms with Crippen LogP contribution in [0.1, 0.15) is 0 Å². The van der Waals surface area contributed by atoms with Gasteiger partial charge in [0.1, 0.15) is 195 Å². The van der Waals surface area contributed by atoms with Crippen molar-refractivity contribution in [3.05, 3.63) is 0 Å². The molecule has 30 rings (SSSR count). The second-order valence-electron chi connectivity index (χ2n) is 23.0. The molecule has 16 bridgehead atoms. The third-order valence-corrected chi connectivity index (χ3v) is 17.5. The molecule has 0 aromatic heterocycles. The van der Waals surface area contributed by atoms with E-state index in [0.29, 0.717) is 0 Å². The molecule has 0 aliphatic carbocycles. The molecule has 0 spiro atoms. The minimum absolute atomic E-state index is 1.10. The SMILES string of the molecule is O=S(=O)([O-])OC[C@H]1O[C@@H]2O[C@H]3[C@H](O)[C@@H](O)[C@@H](O[C@H]4[C@H](O)[C@@H](O)[C@@H](O[C@H]5[C@H](O)[C@@H](O)[C@@H](O[C@H]6[C@H](O)[C@@H](O)[C@@H](O[C@H]7[C@H](O)[C@@H](O)[C@@H](O[C@H]8[C@H](O)[C@@H](O)[C@@H](O[C@H]9[C@H](O)[C@@H](O)[C@@H](O[C@H]1[C@H](O)[C@H]2O)O[C@@H]9CO)O[C@@H]8CO)O[C@@H]7CO)O[C@@H]6CO)O[C@@H]5CO)O[C@@H]4CO)O[C@@H]3CO. The van der Waals surface area contributed by atoms with Gasteiger partial charge in [-0.1, -0.05) is 0 Å². The lowest BCUT2D eigenvalue weighted by atomic mass is 9.94. The second kappa shape index (κ2) is 31.2. The second-order valence-corrected chi connectivity index (χ2v) is 24.0. The number of hydrogen-bond acceptors (Lipinski definition) is 43. The molecule has 536 valence electrons. The first-order valence-corrected chi connectivity index (χ1v) is 30.1. The molecule has 92 heavy (non-hydrogen) atoms. The van der Waals surface area contributed by atoms with Crippen molar-refractivity contribution in [2.45, 2.75) is 246 Å². The Morgan fingerprint density at radius 3 is 0.489 bits per heavy atom. The lowest BCUT2D eigenvalue weighted by Crippen LogP contribution is -2.69. The van der Waals surface area contributed by atoms with Crippen LogP contribution in [0.5, 0.6) is 0 Å². The van der Waals surface area contributed by atoms with Gasteiger partial charge in [-0.2, -0.15) is 0 Å². The standard InChI is InChI=1S/C48H80O43S/c49-1-9-33-17(56)25(64)41(76-9)85-34-10(2-50)78-43(27(66)19(34)58)87-36-12(4-52)80-45(29(68)21(36)60)89-38-14(6-54)82-47(31(70)23(38)62)91-40-16(8-75-92(72,73)74)83-48(32(71)24(40)63)90-39-15(7-55)81-46(30(69)22(39)61)88-37-13(5-53)79-44(28(67)20(37)59)86-35-11(3-51)77-42(84-33)26(65)18(35)57/h9-71H,1-8H2,(H,72,73,74)/p-1/t9-,10-,11-,12-,13-,14-,15-,16-,17-,18-,19-,20-,21-,22-,23-,24-,25-,26-,27-,28-,29-,30-,31-,32-,33-,34-,35-,36-,37-,38-,39-,40-,41-,42-,43-,44-,45-,46-,47-,48-/m1/s1. The van der Waals surface area contributed by atoms with E-state index in [9.17, 15) is 130 Å². The van der Waals surface area contributed by atoms with Gasteiger partial charge in [-0.15, -0.1) is 0 Å². The molecule has 0 amide bonds. The van der Waals surface area contributed by atoms with Crippen LogP contribution >= 0.6 is 0 Å². The van der Waals surface area contributed by atoms with Gasteiger partial charge in [-0.3, -0.25) is 4.18 Å². The molecule has 30 aliphatic heterocycles. The van der Waals surface area contributed by atoms with Gasteiger partial charge in [0.25, 0.3) is 0 Å². The number of ether oxygens (including phenoxy) is 16. The minimum Gasteiger partial charge on any atom is -0.726 e. The van der Waals surface area contributed by atoms with Crippen molar-refractivity contribution in [1.29, 1.82) is 0 Å². The van der Waals surface area contributed by atoms with Crippen LogP contribution in [0, 0.1) is 0 Å². The summed E-state index contributed by atoms with van der Waals surface area (Å²) in [5.41, 5.74) is 0.